The van der Waals surface area contributed by atoms with Crippen LogP contribution >= 0.6 is 0 Å². The van der Waals surface area contributed by atoms with Gasteiger partial charge in [0, 0.05) is 13.0 Å². The summed E-state index contributed by atoms with van der Waals surface area (Å²) in [5.74, 6) is -1.34. The molecule has 0 unspecified atom stereocenters. The number of carbonyl (C=O) groups is 4. The van der Waals surface area contributed by atoms with Crippen LogP contribution in [-0.4, -0.2) is 76.4 Å². The normalized spacial score (nSPS) is 32.3. The largest absolute Gasteiger partial charge is 0.464 e. The number of alkyl carbamates (subject to hydrolysis) is 1. The Morgan fingerprint density at radius 1 is 1.14 bits per heavy atom. The molecule has 2 heterocycles. The zero-order valence-corrected chi connectivity index (χ0v) is 21.4. The van der Waals surface area contributed by atoms with Crippen LogP contribution in [0.15, 0.2) is 0 Å². The highest BCUT2D eigenvalue weighted by atomic mass is 16.6. The van der Waals surface area contributed by atoms with Crippen molar-refractivity contribution in [2.45, 2.75) is 115 Å². The van der Waals surface area contributed by atoms with E-state index in [9.17, 15) is 24.3 Å². The molecular weight excluding hydrogens is 454 g/mol. The van der Waals surface area contributed by atoms with Crippen LogP contribution < -0.4 is 10.6 Å². The molecule has 35 heavy (non-hydrogen) atoms. The minimum Gasteiger partial charge on any atom is -0.464 e. The molecule has 1 saturated carbocycles. The number of aliphatic hydroxyl groups excluding tert-OH is 1. The first-order chi connectivity index (χ1) is 16.5. The van der Waals surface area contributed by atoms with E-state index >= 15 is 0 Å². The molecule has 2 aliphatic heterocycles. The number of carbonyl (C=O) groups excluding carboxylic acids is 4. The van der Waals surface area contributed by atoms with Crippen molar-refractivity contribution < 1.29 is 33.8 Å². The number of amides is 3. The highest BCUT2D eigenvalue weighted by Crippen LogP contribution is 2.48. The van der Waals surface area contributed by atoms with Crippen LogP contribution in [-0.2, 0) is 23.9 Å². The smallest absolute Gasteiger partial charge is 0.408 e. The van der Waals surface area contributed by atoms with Crippen molar-refractivity contribution in [1.29, 1.82) is 0 Å². The molecule has 10 nitrogen and oxygen atoms in total. The third-order valence-corrected chi connectivity index (χ3v) is 6.99. The van der Waals surface area contributed by atoms with Gasteiger partial charge in [-0.05, 0) is 52.9 Å². The highest BCUT2D eigenvalue weighted by Gasteiger charge is 2.62. The Morgan fingerprint density at radius 2 is 1.80 bits per heavy atom. The lowest BCUT2D eigenvalue weighted by molar-refractivity contribution is -0.150. The third-order valence-electron chi connectivity index (χ3n) is 6.99. The van der Waals surface area contributed by atoms with E-state index in [0.717, 1.165) is 38.5 Å². The third kappa shape index (κ3) is 6.86. The molecule has 3 amide bonds. The van der Waals surface area contributed by atoms with Gasteiger partial charge in [-0.3, -0.25) is 9.59 Å². The first kappa shape index (κ1) is 27.2. The minimum atomic E-state index is -1.07. The number of hydrogen-bond donors (Lipinski definition) is 3. The standard InChI is InChI=1S/C25H41N3O7/c1-5-34-22(32)25-14-16(25)11-9-7-6-8-10-12-18(26-23(33)35-24(2,3)4)21(31)28-15-17(29)13-19(28)20(30)27-25/h16-19,29H,5-15H2,1-4H3,(H,26,33)(H,27,30)/t16-,17-,18+,19+,25-/m1/s1. The second-order valence-corrected chi connectivity index (χ2v) is 11.0. The molecule has 0 aromatic heterocycles. The number of esters is 1. The van der Waals surface area contributed by atoms with Crippen molar-refractivity contribution in [3.63, 3.8) is 0 Å². The maximum absolute atomic E-state index is 13.5. The summed E-state index contributed by atoms with van der Waals surface area (Å²) in [6.07, 6.45) is 4.78. The molecule has 0 aromatic carbocycles. The van der Waals surface area contributed by atoms with Crippen LogP contribution in [0, 0.1) is 5.92 Å². The molecule has 3 aliphatic rings. The predicted molar refractivity (Wildman–Crippen MR) is 127 cm³/mol. The molecule has 5 atom stereocenters. The Labute approximate surface area is 207 Å². The lowest BCUT2D eigenvalue weighted by atomic mass is 10.0. The van der Waals surface area contributed by atoms with Gasteiger partial charge < -0.3 is 30.1 Å². The molecule has 0 aromatic rings. The van der Waals surface area contributed by atoms with E-state index < -0.39 is 53.2 Å². The molecular formula is C25H41N3O7. The van der Waals surface area contributed by atoms with E-state index in [-0.39, 0.29) is 25.5 Å². The lowest BCUT2D eigenvalue weighted by Crippen LogP contribution is -2.56. The molecule has 198 valence electrons. The number of nitrogens with zero attached hydrogens (tertiary/aromatic N) is 1. The van der Waals surface area contributed by atoms with E-state index in [4.69, 9.17) is 9.47 Å². The average Bonchev–Trinajstić information content (AvgIpc) is 3.30. The molecule has 3 N–H and O–H groups in total. The fourth-order valence-corrected chi connectivity index (χ4v) is 5.18. The van der Waals surface area contributed by atoms with Crippen molar-refractivity contribution in [1.82, 2.24) is 15.5 Å². The van der Waals surface area contributed by atoms with Crippen molar-refractivity contribution in [2.75, 3.05) is 13.2 Å². The molecule has 0 spiro atoms. The Hall–Kier alpha value is -2.36. The fraction of sp³-hybridized carbons (Fsp3) is 0.840. The maximum Gasteiger partial charge on any atom is 0.408 e. The summed E-state index contributed by atoms with van der Waals surface area (Å²) >= 11 is 0. The summed E-state index contributed by atoms with van der Waals surface area (Å²) in [7, 11) is 0. The van der Waals surface area contributed by atoms with Crippen molar-refractivity contribution in [2.24, 2.45) is 5.92 Å². The number of aliphatic hydroxyl groups is 1. The highest BCUT2D eigenvalue weighted by molar-refractivity contribution is 5.96. The first-order valence-electron chi connectivity index (χ1n) is 12.9. The number of rotatable bonds is 3. The van der Waals surface area contributed by atoms with Gasteiger partial charge in [0.2, 0.25) is 11.8 Å². The summed E-state index contributed by atoms with van der Waals surface area (Å²) < 4.78 is 10.6. The topological polar surface area (TPSA) is 134 Å². The van der Waals surface area contributed by atoms with Crippen molar-refractivity contribution >= 4 is 23.9 Å². The van der Waals surface area contributed by atoms with Gasteiger partial charge in [-0.25, -0.2) is 9.59 Å². The van der Waals surface area contributed by atoms with Gasteiger partial charge in [0.1, 0.15) is 23.2 Å². The first-order valence-corrected chi connectivity index (χ1v) is 12.9. The zero-order chi connectivity index (χ0) is 25.8. The molecule has 0 bridgehead atoms. The van der Waals surface area contributed by atoms with Gasteiger partial charge in [-0.15, -0.1) is 0 Å². The summed E-state index contributed by atoms with van der Waals surface area (Å²) in [6, 6.07) is -1.80. The van der Waals surface area contributed by atoms with Crippen LogP contribution in [0.1, 0.15) is 85.5 Å². The fourth-order valence-electron chi connectivity index (χ4n) is 5.18. The Balaban J connectivity index is 1.82. The molecule has 10 heteroatoms. The number of nitrogens with one attached hydrogen (secondary N) is 2. The van der Waals surface area contributed by atoms with Gasteiger partial charge in [-0.1, -0.05) is 32.1 Å². The Bertz CT molecular complexity index is 811. The second-order valence-electron chi connectivity index (χ2n) is 11.0. The molecule has 0 radical (unpaired) electrons. The van der Waals surface area contributed by atoms with Crippen LogP contribution in [0.5, 0.6) is 0 Å². The number of ether oxygens (including phenoxy) is 2. The van der Waals surface area contributed by atoms with E-state index in [2.05, 4.69) is 10.6 Å². The zero-order valence-electron chi connectivity index (χ0n) is 21.4. The van der Waals surface area contributed by atoms with E-state index in [0.29, 0.717) is 12.8 Å². The van der Waals surface area contributed by atoms with Gasteiger partial charge in [0.25, 0.3) is 0 Å². The molecule has 3 fully saturated rings. The van der Waals surface area contributed by atoms with Crippen LogP contribution in [0.4, 0.5) is 4.79 Å². The van der Waals surface area contributed by atoms with E-state index in [1.54, 1.807) is 27.7 Å². The van der Waals surface area contributed by atoms with Gasteiger partial charge in [0.05, 0.1) is 12.7 Å². The minimum absolute atomic E-state index is 0.00712. The van der Waals surface area contributed by atoms with Crippen molar-refractivity contribution in [3.8, 4) is 0 Å². The molecule has 2 saturated heterocycles. The Kier molecular flexibility index (Phi) is 8.67. The van der Waals surface area contributed by atoms with Crippen LogP contribution in [0.3, 0.4) is 0 Å². The van der Waals surface area contributed by atoms with Crippen molar-refractivity contribution in [3.05, 3.63) is 0 Å². The van der Waals surface area contributed by atoms with Crippen LogP contribution in [0.25, 0.3) is 0 Å². The van der Waals surface area contributed by atoms with E-state index in [1.165, 1.54) is 4.90 Å². The quantitative estimate of drug-likeness (QED) is 0.510. The number of hydrogen-bond acceptors (Lipinski definition) is 7. The molecule has 3 rings (SSSR count). The summed E-state index contributed by atoms with van der Waals surface area (Å²) in [5.41, 5.74) is -1.79. The van der Waals surface area contributed by atoms with Gasteiger partial charge in [-0.2, -0.15) is 0 Å². The summed E-state index contributed by atoms with van der Waals surface area (Å²) in [5, 5.41) is 15.9. The summed E-state index contributed by atoms with van der Waals surface area (Å²) in [4.78, 5) is 53.5. The lowest BCUT2D eigenvalue weighted by Gasteiger charge is -2.30. The SMILES string of the molecule is CCOC(=O)[C@@]12C[C@H]1CCCCCCC[C@H](NC(=O)OC(C)(C)C)C(=O)N1C[C@H](O)C[C@H]1C(=O)N2. The monoisotopic (exact) mass is 495 g/mol. The van der Waals surface area contributed by atoms with E-state index in [1.807, 2.05) is 0 Å². The second kappa shape index (κ2) is 11.1. The summed E-state index contributed by atoms with van der Waals surface area (Å²) in [6.45, 7) is 7.16. The Morgan fingerprint density at radius 3 is 2.46 bits per heavy atom. The molecule has 1 aliphatic carbocycles. The van der Waals surface area contributed by atoms with Crippen LogP contribution in [0.2, 0.25) is 0 Å². The predicted octanol–water partition coefficient (Wildman–Crippen LogP) is 2.02. The van der Waals surface area contributed by atoms with Gasteiger partial charge >= 0.3 is 12.1 Å². The maximum atomic E-state index is 13.5. The van der Waals surface area contributed by atoms with Gasteiger partial charge in [0.15, 0.2) is 0 Å². The average molecular weight is 496 g/mol. The number of fused-ring (bicyclic) bond motifs is 2.